The molecule has 1 aliphatic rings. The van der Waals surface area contributed by atoms with Crippen molar-refractivity contribution < 1.29 is 9.21 Å². The van der Waals surface area contributed by atoms with Crippen molar-refractivity contribution in [2.24, 2.45) is 7.05 Å². The van der Waals surface area contributed by atoms with Crippen molar-refractivity contribution in [1.29, 1.82) is 0 Å². The van der Waals surface area contributed by atoms with E-state index in [0.29, 0.717) is 16.7 Å². The molecule has 94 valence electrons. The molecule has 1 aromatic heterocycles. The first-order valence-electron chi connectivity index (χ1n) is 6.06. The van der Waals surface area contributed by atoms with E-state index in [-0.39, 0.29) is 5.91 Å². The number of nitrogens with zero attached hydrogens (tertiary/aromatic N) is 2. The molecule has 1 aromatic carbocycles. The van der Waals surface area contributed by atoms with Gasteiger partial charge in [-0.25, -0.2) is 4.79 Å². The van der Waals surface area contributed by atoms with Crippen molar-refractivity contribution in [3.05, 3.63) is 34.3 Å². The third-order valence-corrected chi connectivity index (χ3v) is 3.43. The van der Waals surface area contributed by atoms with E-state index in [1.807, 2.05) is 4.90 Å². The lowest BCUT2D eigenvalue weighted by Gasteiger charge is -2.14. The lowest BCUT2D eigenvalue weighted by Crippen LogP contribution is -2.27. The van der Waals surface area contributed by atoms with Crippen LogP contribution in [0.15, 0.2) is 27.4 Å². The van der Waals surface area contributed by atoms with Gasteiger partial charge in [0.2, 0.25) is 0 Å². The molecule has 0 spiro atoms. The first kappa shape index (κ1) is 11.1. The summed E-state index contributed by atoms with van der Waals surface area (Å²) in [7, 11) is 1.64. The number of carbonyl (C=O) groups excluding carboxylic acids is 1. The summed E-state index contributed by atoms with van der Waals surface area (Å²) >= 11 is 0. The molecule has 5 nitrogen and oxygen atoms in total. The summed E-state index contributed by atoms with van der Waals surface area (Å²) in [4.78, 5) is 25.4. The van der Waals surface area contributed by atoms with E-state index < -0.39 is 5.76 Å². The first-order valence-corrected chi connectivity index (χ1v) is 6.06. The van der Waals surface area contributed by atoms with Crippen LogP contribution in [0.1, 0.15) is 23.2 Å². The molecule has 1 aliphatic heterocycles. The Bertz CT molecular complexity index is 662. The van der Waals surface area contributed by atoms with Crippen LogP contribution in [0.4, 0.5) is 0 Å². The summed E-state index contributed by atoms with van der Waals surface area (Å²) in [5.41, 5.74) is 1.78. The highest BCUT2D eigenvalue weighted by Crippen LogP contribution is 2.18. The molecule has 0 N–H and O–H groups in total. The minimum absolute atomic E-state index is 0.0306. The fraction of sp³-hybridized carbons (Fsp3) is 0.385. The van der Waals surface area contributed by atoms with Gasteiger partial charge in [0.1, 0.15) is 0 Å². The molecule has 1 amide bonds. The number of aryl methyl sites for hydroxylation is 1. The van der Waals surface area contributed by atoms with Gasteiger partial charge in [0.15, 0.2) is 5.58 Å². The van der Waals surface area contributed by atoms with Gasteiger partial charge in [-0.3, -0.25) is 9.36 Å². The molecular formula is C13H14N2O3. The fourth-order valence-electron chi connectivity index (χ4n) is 2.36. The lowest BCUT2D eigenvalue weighted by molar-refractivity contribution is 0.0793. The Labute approximate surface area is 104 Å². The quantitative estimate of drug-likeness (QED) is 0.763. The van der Waals surface area contributed by atoms with Crippen LogP contribution in [0.3, 0.4) is 0 Å². The van der Waals surface area contributed by atoms with Crippen molar-refractivity contribution in [3.63, 3.8) is 0 Å². The van der Waals surface area contributed by atoms with Gasteiger partial charge in [-0.15, -0.1) is 0 Å². The number of amides is 1. The highest BCUT2D eigenvalue weighted by Gasteiger charge is 2.20. The third-order valence-electron chi connectivity index (χ3n) is 3.43. The molecule has 2 heterocycles. The molecule has 0 unspecified atom stereocenters. The molecule has 0 saturated carbocycles. The van der Waals surface area contributed by atoms with Gasteiger partial charge >= 0.3 is 5.76 Å². The Morgan fingerprint density at radius 1 is 1.28 bits per heavy atom. The van der Waals surface area contributed by atoms with Crippen molar-refractivity contribution in [2.75, 3.05) is 13.1 Å². The van der Waals surface area contributed by atoms with Crippen LogP contribution in [0, 0.1) is 0 Å². The summed E-state index contributed by atoms with van der Waals surface area (Å²) in [6, 6.07) is 5.12. The number of benzene rings is 1. The van der Waals surface area contributed by atoms with Gasteiger partial charge in [0.05, 0.1) is 5.52 Å². The molecule has 0 aliphatic carbocycles. The van der Waals surface area contributed by atoms with Gasteiger partial charge < -0.3 is 9.32 Å². The van der Waals surface area contributed by atoms with E-state index in [1.165, 1.54) is 4.57 Å². The second-order valence-electron chi connectivity index (χ2n) is 4.61. The lowest BCUT2D eigenvalue weighted by atomic mass is 10.2. The molecule has 1 fully saturated rings. The smallest absolute Gasteiger partial charge is 0.408 e. The summed E-state index contributed by atoms with van der Waals surface area (Å²) in [6.07, 6.45) is 2.14. The number of carbonyl (C=O) groups is 1. The Hall–Kier alpha value is -2.04. The molecule has 5 heteroatoms. The number of aromatic nitrogens is 1. The summed E-state index contributed by atoms with van der Waals surface area (Å²) in [5, 5.41) is 0. The SMILES string of the molecule is Cn1c(=O)oc2ccc(C(=O)N3CCCC3)cc21. The average Bonchev–Trinajstić information content (AvgIpc) is 2.99. The van der Waals surface area contributed by atoms with Crippen LogP contribution in [0.2, 0.25) is 0 Å². The zero-order chi connectivity index (χ0) is 12.7. The normalized spacial score (nSPS) is 15.5. The summed E-state index contributed by atoms with van der Waals surface area (Å²) in [6.45, 7) is 1.64. The van der Waals surface area contributed by atoms with Gasteiger partial charge in [-0.05, 0) is 31.0 Å². The zero-order valence-corrected chi connectivity index (χ0v) is 10.2. The van der Waals surface area contributed by atoms with Crippen molar-refractivity contribution >= 4 is 17.0 Å². The minimum Gasteiger partial charge on any atom is -0.408 e. The van der Waals surface area contributed by atoms with Crippen LogP contribution < -0.4 is 5.76 Å². The Kier molecular flexibility index (Phi) is 2.47. The van der Waals surface area contributed by atoms with E-state index in [4.69, 9.17) is 4.42 Å². The number of fused-ring (bicyclic) bond motifs is 1. The Balaban J connectivity index is 2.04. The average molecular weight is 246 g/mol. The maximum Gasteiger partial charge on any atom is 0.419 e. The molecule has 2 aromatic rings. The molecule has 0 bridgehead atoms. The number of hydrogen-bond acceptors (Lipinski definition) is 3. The molecule has 0 radical (unpaired) electrons. The fourth-order valence-corrected chi connectivity index (χ4v) is 2.36. The molecule has 0 atom stereocenters. The van der Waals surface area contributed by atoms with Gasteiger partial charge in [-0.2, -0.15) is 0 Å². The maximum absolute atomic E-state index is 12.2. The van der Waals surface area contributed by atoms with Crippen molar-refractivity contribution in [3.8, 4) is 0 Å². The number of rotatable bonds is 1. The number of likely N-dealkylation sites (tertiary alicyclic amines) is 1. The van der Waals surface area contributed by atoms with Crippen LogP contribution in [0.5, 0.6) is 0 Å². The molecule has 3 rings (SSSR count). The van der Waals surface area contributed by atoms with Crippen molar-refractivity contribution in [2.45, 2.75) is 12.8 Å². The van der Waals surface area contributed by atoms with E-state index >= 15 is 0 Å². The van der Waals surface area contributed by atoms with E-state index in [0.717, 1.165) is 25.9 Å². The highest BCUT2D eigenvalue weighted by atomic mass is 16.4. The summed E-state index contributed by atoms with van der Waals surface area (Å²) < 4.78 is 6.45. The maximum atomic E-state index is 12.2. The van der Waals surface area contributed by atoms with Crippen molar-refractivity contribution in [1.82, 2.24) is 9.47 Å². The van der Waals surface area contributed by atoms with E-state index in [1.54, 1.807) is 25.2 Å². The molecular weight excluding hydrogens is 232 g/mol. The zero-order valence-electron chi connectivity index (χ0n) is 10.2. The standard InChI is InChI=1S/C13H14N2O3/c1-14-10-8-9(4-5-11(10)18-13(14)17)12(16)15-6-2-3-7-15/h4-5,8H,2-3,6-7H2,1H3. The van der Waals surface area contributed by atoms with E-state index in [2.05, 4.69) is 0 Å². The van der Waals surface area contributed by atoms with Crippen LogP contribution in [-0.4, -0.2) is 28.5 Å². The topological polar surface area (TPSA) is 55.5 Å². The highest BCUT2D eigenvalue weighted by molar-refractivity contribution is 5.97. The summed E-state index contributed by atoms with van der Waals surface area (Å²) in [5.74, 6) is -0.376. The second-order valence-corrected chi connectivity index (χ2v) is 4.61. The predicted octanol–water partition coefficient (Wildman–Crippen LogP) is 1.37. The number of oxazole rings is 1. The van der Waals surface area contributed by atoms with Gasteiger partial charge in [0.25, 0.3) is 5.91 Å². The minimum atomic E-state index is -0.407. The predicted molar refractivity (Wildman–Crippen MR) is 66.6 cm³/mol. The molecule has 1 saturated heterocycles. The molecule has 18 heavy (non-hydrogen) atoms. The Morgan fingerprint density at radius 2 is 2.00 bits per heavy atom. The van der Waals surface area contributed by atoms with Gasteiger partial charge in [-0.1, -0.05) is 0 Å². The van der Waals surface area contributed by atoms with Crippen LogP contribution in [-0.2, 0) is 7.05 Å². The monoisotopic (exact) mass is 246 g/mol. The van der Waals surface area contributed by atoms with Crippen LogP contribution in [0.25, 0.3) is 11.1 Å². The largest absolute Gasteiger partial charge is 0.419 e. The van der Waals surface area contributed by atoms with Gasteiger partial charge in [0, 0.05) is 25.7 Å². The van der Waals surface area contributed by atoms with E-state index in [9.17, 15) is 9.59 Å². The second kappa shape index (κ2) is 4.01. The van der Waals surface area contributed by atoms with Crippen LogP contribution >= 0.6 is 0 Å². The third kappa shape index (κ3) is 1.63. The number of hydrogen-bond donors (Lipinski definition) is 0. The first-order chi connectivity index (χ1) is 8.66. The Morgan fingerprint density at radius 3 is 2.72 bits per heavy atom.